The van der Waals surface area contributed by atoms with Gasteiger partial charge in [-0.2, -0.15) is 0 Å². The molecule has 1 fully saturated rings. The van der Waals surface area contributed by atoms with Gasteiger partial charge in [0, 0.05) is 12.6 Å². The number of nitrogens with one attached hydrogen (secondary N) is 1. The molecule has 0 unspecified atom stereocenters. The van der Waals surface area contributed by atoms with Crippen LogP contribution in [0, 0.1) is 6.57 Å². The first-order chi connectivity index (χ1) is 8.93. The molecule has 3 N–H and O–H groups in total. The van der Waals surface area contributed by atoms with Gasteiger partial charge in [-0.3, -0.25) is 23.9 Å². The molecule has 3 atom stereocenters. The average molecular weight is 288 g/mol. The number of rotatable bonds is 2. The SMILES string of the molecule is [C-]#[N+][C@]1(CO)O[C@@H](n2cc(Cl)c(=O)[nH]c2=O)C[C@@H]1O. The fraction of sp³-hybridized carbons (Fsp3) is 0.500. The highest BCUT2D eigenvalue weighted by atomic mass is 35.5. The molecule has 0 radical (unpaired) electrons. The van der Waals surface area contributed by atoms with Crippen LogP contribution >= 0.6 is 11.6 Å². The average Bonchev–Trinajstić information content (AvgIpc) is 2.71. The van der Waals surface area contributed by atoms with Crippen molar-refractivity contribution in [3.8, 4) is 0 Å². The van der Waals surface area contributed by atoms with Crippen molar-refractivity contribution in [1.82, 2.24) is 9.55 Å². The predicted molar refractivity (Wildman–Crippen MR) is 63.5 cm³/mol. The molecule has 19 heavy (non-hydrogen) atoms. The second-order valence-corrected chi connectivity index (χ2v) is 4.49. The second kappa shape index (κ2) is 4.79. The zero-order chi connectivity index (χ0) is 14.2. The second-order valence-electron chi connectivity index (χ2n) is 4.08. The minimum absolute atomic E-state index is 0.0782. The fourth-order valence-corrected chi connectivity index (χ4v) is 2.01. The van der Waals surface area contributed by atoms with Crippen LogP contribution in [-0.2, 0) is 4.74 Å². The summed E-state index contributed by atoms with van der Waals surface area (Å²) in [5.41, 5.74) is -3.31. The lowest BCUT2D eigenvalue weighted by atomic mass is 10.1. The summed E-state index contributed by atoms with van der Waals surface area (Å²) < 4.78 is 6.22. The van der Waals surface area contributed by atoms with E-state index in [1.54, 1.807) is 0 Å². The van der Waals surface area contributed by atoms with Crippen LogP contribution in [0.5, 0.6) is 0 Å². The van der Waals surface area contributed by atoms with Crippen LogP contribution in [0.4, 0.5) is 0 Å². The van der Waals surface area contributed by atoms with Crippen LogP contribution in [0.3, 0.4) is 0 Å². The number of aromatic nitrogens is 2. The Labute approximate surface area is 111 Å². The number of aromatic amines is 1. The summed E-state index contributed by atoms with van der Waals surface area (Å²) in [5.74, 6) is 0. The zero-order valence-corrected chi connectivity index (χ0v) is 10.3. The van der Waals surface area contributed by atoms with E-state index in [0.29, 0.717) is 0 Å². The summed E-state index contributed by atoms with van der Waals surface area (Å²) >= 11 is 5.61. The van der Waals surface area contributed by atoms with E-state index in [2.05, 4.69) is 4.85 Å². The van der Waals surface area contributed by atoms with E-state index >= 15 is 0 Å². The number of aliphatic hydroxyl groups is 2. The maximum absolute atomic E-state index is 11.6. The Bertz CT molecular complexity index is 648. The topological polar surface area (TPSA) is 109 Å². The molecule has 0 saturated carbocycles. The Kier molecular flexibility index (Phi) is 3.47. The Morgan fingerprint density at radius 2 is 2.37 bits per heavy atom. The first-order valence-electron chi connectivity index (χ1n) is 5.30. The van der Waals surface area contributed by atoms with Gasteiger partial charge >= 0.3 is 11.4 Å². The number of H-pyrrole nitrogens is 1. The lowest BCUT2D eigenvalue weighted by Gasteiger charge is -2.17. The maximum atomic E-state index is 11.6. The van der Waals surface area contributed by atoms with Gasteiger partial charge in [0.25, 0.3) is 5.56 Å². The van der Waals surface area contributed by atoms with Gasteiger partial charge in [0.1, 0.15) is 11.3 Å². The Morgan fingerprint density at radius 3 is 2.89 bits per heavy atom. The number of hydrogen-bond donors (Lipinski definition) is 3. The molecule has 1 aromatic heterocycles. The van der Waals surface area contributed by atoms with Crippen LogP contribution in [0.15, 0.2) is 15.8 Å². The van der Waals surface area contributed by atoms with Gasteiger partial charge < -0.3 is 10.2 Å². The van der Waals surface area contributed by atoms with Gasteiger partial charge in [-0.05, 0) is 0 Å². The standard InChI is InChI=1S/C10H10ClN3O5/c1-12-10(4-15)6(16)2-7(19-10)14-3-5(11)8(17)13-9(14)18/h3,6-7,15-16H,2,4H2,(H,13,17,18)/t6-,7+,10+/m0/s1. The molecule has 2 rings (SSSR count). The predicted octanol–water partition coefficient (Wildman–Crippen LogP) is -0.922. The largest absolute Gasteiger partial charge is 0.387 e. The summed E-state index contributed by atoms with van der Waals surface area (Å²) in [6, 6.07) is 0. The van der Waals surface area contributed by atoms with Gasteiger partial charge in [-0.25, -0.2) is 11.4 Å². The third-order valence-corrected chi connectivity index (χ3v) is 3.21. The lowest BCUT2D eigenvalue weighted by molar-refractivity contribution is -0.0992. The van der Waals surface area contributed by atoms with E-state index < -0.39 is 35.9 Å². The van der Waals surface area contributed by atoms with Crippen LogP contribution in [0.1, 0.15) is 12.6 Å². The van der Waals surface area contributed by atoms with Gasteiger partial charge in [0.2, 0.25) is 0 Å². The number of ether oxygens (including phenoxy) is 1. The van der Waals surface area contributed by atoms with Crippen LogP contribution < -0.4 is 11.2 Å². The molecule has 1 aliphatic heterocycles. The molecule has 0 spiro atoms. The number of aliphatic hydroxyl groups excluding tert-OH is 2. The third kappa shape index (κ3) is 2.17. The molecule has 0 aliphatic carbocycles. The molecule has 1 aromatic rings. The van der Waals surface area contributed by atoms with E-state index in [4.69, 9.17) is 28.0 Å². The summed E-state index contributed by atoms with van der Waals surface area (Å²) in [6.07, 6.45) is -1.25. The smallest absolute Gasteiger partial charge is 0.385 e. The Hall–Kier alpha value is -1.66. The molecule has 1 aliphatic rings. The molecule has 102 valence electrons. The molecule has 9 heteroatoms. The van der Waals surface area contributed by atoms with Crippen molar-refractivity contribution >= 4 is 11.6 Å². The van der Waals surface area contributed by atoms with E-state index in [0.717, 1.165) is 10.8 Å². The maximum Gasteiger partial charge on any atom is 0.387 e. The van der Waals surface area contributed by atoms with Crippen molar-refractivity contribution in [1.29, 1.82) is 0 Å². The van der Waals surface area contributed by atoms with E-state index in [1.165, 1.54) is 0 Å². The van der Waals surface area contributed by atoms with Gasteiger partial charge in [0.15, 0.2) is 12.7 Å². The number of hydrogen-bond acceptors (Lipinski definition) is 5. The summed E-state index contributed by atoms with van der Waals surface area (Å²) in [5, 5.41) is 18.7. The van der Waals surface area contributed by atoms with Gasteiger partial charge in [-0.15, -0.1) is 0 Å². The van der Waals surface area contributed by atoms with Crippen LogP contribution in [0.25, 0.3) is 4.85 Å². The summed E-state index contributed by atoms with van der Waals surface area (Å²) in [7, 11) is 0. The minimum Gasteiger partial charge on any atom is -0.385 e. The van der Waals surface area contributed by atoms with Crippen molar-refractivity contribution in [3.05, 3.63) is 43.5 Å². The first kappa shape index (κ1) is 13.8. The minimum atomic E-state index is -1.80. The normalized spacial score (nSPS) is 30.2. The van der Waals surface area contributed by atoms with Gasteiger partial charge in [0.05, 0.1) is 0 Å². The first-order valence-corrected chi connectivity index (χ1v) is 5.67. The number of nitrogens with zero attached hydrogens (tertiary/aromatic N) is 2. The Morgan fingerprint density at radius 1 is 1.68 bits per heavy atom. The highest BCUT2D eigenvalue weighted by molar-refractivity contribution is 6.30. The third-order valence-electron chi connectivity index (χ3n) is 2.94. The van der Waals surface area contributed by atoms with E-state index in [-0.39, 0.29) is 11.4 Å². The molecule has 1 saturated heterocycles. The summed E-state index contributed by atoms with van der Waals surface area (Å²) in [4.78, 5) is 27.8. The summed E-state index contributed by atoms with van der Waals surface area (Å²) in [6.45, 7) is 6.26. The fourth-order valence-electron chi connectivity index (χ4n) is 1.86. The molecule has 0 aromatic carbocycles. The van der Waals surface area contributed by atoms with Gasteiger partial charge in [-0.1, -0.05) is 11.6 Å². The molecular weight excluding hydrogens is 278 g/mol. The van der Waals surface area contributed by atoms with Crippen LogP contribution in [-0.4, -0.2) is 38.2 Å². The van der Waals surface area contributed by atoms with Crippen molar-refractivity contribution in [2.75, 3.05) is 6.61 Å². The van der Waals surface area contributed by atoms with Crippen LogP contribution in [0.2, 0.25) is 5.02 Å². The molecule has 8 nitrogen and oxygen atoms in total. The Balaban J connectivity index is 2.42. The van der Waals surface area contributed by atoms with Crippen molar-refractivity contribution in [2.45, 2.75) is 24.5 Å². The highest BCUT2D eigenvalue weighted by Gasteiger charge is 2.55. The number of halogens is 1. The monoisotopic (exact) mass is 287 g/mol. The quantitative estimate of drug-likeness (QED) is 0.609. The molecule has 2 heterocycles. The zero-order valence-electron chi connectivity index (χ0n) is 9.54. The van der Waals surface area contributed by atoms with E-state index in [1.807, 2.05) is 4.98 Å². The molecule has 0 amide bonds. The highest BCUT2D eigenvalue weighted by Crippen LogP contribution is 2.37. The van der Waals surface area contributed by atoms with Crippen molar-refractivity contribution in [2.24, 2.45) is 0 Å². The lowest BCUT2D eigenvalue weighted by Crippen LogP contribution is -2.40. The molecule has 0 bridgehead atoms. The van der Waals surface area contributed by atoms with E-state index in [9.17, 15) is 14.7 Å². The molecular formula is C10H10ClN3O5. The van der Waals surface area contributed by atoms with Crippen molar-refractivity contribution in [3.63, 3.8) is 0 Å². The van der Waals surface area contributed by atoms with Crippen molar-refractivity contribution < 1.29 is 14.9 Å².